The quantitative estimate of drug-likeness (QED) is 0.789. The fourth-order valence-corrected chi connectivity index (χ4v) is 2.54. The molecule has 106 valence electrons. The molecule has 0 aliphatic rings. The number of hydrogen-bond donors (Lipinski definition) is 2. The van der Waals surface area contributed by atoms with E-state index in [4.69, 9.17) is 10.8 Å². The van der Waals surface area contributed by atoms with Gasteiger partial charge in [0, 0.05) is 6.54 Å². The largest absolute Gasteiger partial charge is 0.481 e. The molecule has 0 spiro atoms. The van der Waals surface area contributed by atoms with E-state index in [0.717, 1.165) is 11.8 Å². The van der Waals surface area contributed by atoms with Crippen LogP contribution >= 0.6 is 11.8 Å². The Hall–Kier alpha value is -2.02. The Morgan fingerprint density at radius 2 is 2.10 bits per heavy atom. The second-order valence-electron chi connectivity index (χ2n) is 4.45. The van der Waals surface area contributed by atoms with Crippen LogP contribution in [0.15, 0.2) is 35.5 Å². The lowest BCUT2D eigenvalue weighted by molar-refractivity contribution is -0.133. The van der Waals surface area contributed by atoms with Crippen LogP contribution in [0.5, 0.6) is 0 Å². The predicted molar refractivity (Wildman–Crippen MR) is 77.7 cm³/mol. The number of carboxylic acids is 1. The summed E-state index contributed by atoms with van der Waals surface area (Å²) in [6, 6.07) is 10.0. The highest BCUT2D eigenvalue weighted by atomic mass is 32.2. The number of anilines is 1. The van der Waals surface area contributed by atoms with Crippen LogP contribution < -0.4 is 5.73 Å². The SMILES string of the molecule is CC(Cn1c(N)nnc1SCC(=O)O)c1ccccc1. The maximum Gasteiger partial charge on any atom is 0.313 e. The van der Waals surface area contributed by atoms with Crippen LogP contribution in [0.4, 0.5) is 5.95 Å². The highest BCUT2D eigenvalue weighted by Crippen LogP contribution is 2.23. The molecule has 1 aromatic heterocycles. The fraction of sp³-hybridized carbons (Fsp3) is 0.308. The van der Waals surface area contributed by atoms with Crippen molar-refractivity contribution in [1.29, 1.82) is 0 Å². The van der Waals surface area contributed by atoms with Crippen LogP contribution in [0.1, 0.15) is 18.4 Å². The van der Waals surface area contributed by atoms with E-state index in [9.17, 15) is 4.79 Å². The number of rotatable bonds is 6. The topological polar surface area (TPSA) is 94.0 Å². The second-order valence-corrected chi connectivity index (χ2v) is 5.39. The molecule has 0 aliphatic heterocycles. The van der Waals surface area contributed by atoms with Gasteiger partial charge in [-0.1, -0.05) is 49.0 Å². The Labute approximate surface area is 121 Å². The van der Waals surface area contributed by atoms with Gasteiger partial charge in [0.15, 0.2) is 5.16 Å². The summed E-state index contributed by atoms with van der Waals surface area (Å²) in [7, 11) is 0. The van der Waals surface area contributed by atoms with E-state index >= 15 is 0 Å². The molecule has 2 aromatic rings. The lowest BCUT2D eigenvalue weighted by atomic mass is 10.0. The summed E-state index contributed by atoms with van der Waals surface area (Å²) in [5, 5.41) is 17.0. The molecule has 0 saturated carbocycles. The Balaban J connectivity index is 2.12. The number of nitrogen functional groups attached to an aromatic ring is 1. The van der Waals surface area contributed by atoms with E-state index in [0.29, 0.717) is 17.6 Å². The van der Waals surface area contributed by atoms with Gasteiger partial charge in [-0.3, -0.25) is 9.36 Å². The molecule has 1 atom stereocenters. The number of aliphatic carboxylic acids is 1. The first kappa shape index (κ1) is 14.4. The molecule has 0 aliphatic carbocycles. The molecule has 1 heterocycles. The zero-order valence-corrected chi connectivity index (χ0v) is 11.9. The normalized spacial score (nSPS) is 12.2. The van der Waals surface area contributed by atoms with Gasteiger partial charge in [-0.2, -0.15) is 0 Å². The van der Waals surface area contributed by atoms with Crippen LogP contribution in [0.25, 0.3) is 0 Å². The van der Waals surface area contributed by atoms with Crippen LogP contribution in [0.3, 0.4) is 0 Å². The maximum atomic E-state index is 10.6. The van der Waals surface area contributed by atoms with Gasteiger partial charge in [-0.05, 0) is 11.5 Å². The summed E-state index contributed by atoms with van der Waals surface area (Å²) in [6.07, 6.45) is 0. The van der Waals surface area contributed by atoms with Crippen molar-refractivity contribution in [1.82, 2.24) is 14.8 Å². The average Bonchev–Trinajstić information content (AvgIpc) is 2.78. The molecule has 0 saturated heterocycles. The van der Waals surface area contributed by atoms with E-state index in [1.165, 1.54) is 5.56 Å². The highest BCUT2D eigenvalue weighted by molar-refractivity contribution is 7.99. The van der Waals surface area contributed by atoms with Crippen molar-refractivity contribution >= 4 is 23.7 Å². The van der Waals surface area contributed by atoms with Crippen LogP contribution in [-0.2, 0) is 11.3 Å². The minimum Gasteiger partial charge on any atom is -0.481 e. The minimum atomic E-state index is -0.890. The van der Waals surface area contributed by atoms with Crippen molar-refractivity contribution in [2.45, 2.75) is 24.5 Å². The standard InChI is InChI=1S/C13H16N4O2S/c1-9(10-5-3-2-4-6-10)7-17-12(14)15-16-13(17)20-8-11(18)19/h2-6,9H,7-8H2,1H3,(H2,14,15)(H,18,19). The van der Waals surface area contributed by atoms with Crippen molar-refractivity contribution in [2.24, 2.45) is 0 Å². The Morgan fingerprint density at radius 3 is 2.75 bits per heavy atom. The molecule has 0 fully saturated rings. The number of carbonyl (C=O) groups is 1. The summed E-state index contributed by atoms with van der Waals surface area (Å²) < 4.78 is 1.76. The van der Waals surface area contributed by atoms with Gasteiger partial charge in [0.05, 0.1) is 5.75 Å². The maximum absolute atomic E-state index is 10.6. The Bertz CT molecular complexity index is 585. The molecule has 6 nitrogen and oxygen atoms in total. The molecule has 1 unspecified atom stereocenters. The molecular formula is C13H16N4O2S. The molecule has 0 amide bonds. The molecule has 7 heteroatoms. The number of aromatic nitrogens is 3. The van der Waals surface area contributed by atoms with Gasteiger partial charge in [0.2, 0.25) is 5.95 Å². The second kappa shape index (κ2) is 6.42. The van der Waals surface area contributed by atoms with E-state index < -0.39 is 5.97 Å². The number of hydrogen-bond acceptors (Lipinski definition) is 5. The summed E-state index contributed by atoms with van der Waals surface area (Å²) in [5.74, 6) is -0.406. The molecule has 2 rings (SSSR count). The molecule has 0 bridgehead atoms. The third-order valence-corrected chi connectivity index (χ3v) is 3.85. The third-order valence-electron chi connectivity index (χ3n) is 2.90. The summed E-state index contributed by atoms with van der Waals surface area (Å²) in [4.78, 5) is 10.6. The van der Waals surface area contributed by atoms with Crippen molar-refractivity contribution in [3.8, 4) is 0 Å². The third kappa shape index (κ3) is 3.51. The predicted octanol–water partition coefficient (Wildman–Crippen LogP) is 1.84. The van der Waals surface area contributed by atoms with Gasteiger partial charge in [-0.15, -0.1) is 10.2 Å². The Kier molecular flexibility index (Phi) is 4.62. The summed E-state index contributed by atoms with van der Waals surface area (Å²) in [5.41, 5.74) is 6.99. The summed E-state index contributed by atoms with van der Waals surface area (Å²) in [6.45, 7) is 2.70. The minimum absolute atomic E-state index is 0.0577. The molecule has 20 heavy (non-hydrogen) atoms. The van der Waals surface area contributed by atoms with Crippen LogP contribution in [0.2, 0.25) is 0 Å². The first-order valence-corrected chi connectivity index (χ1v) is 7.14. The van der Waals surface area contributed by atoms with E-state index in [-0.39, 0.29) is 11.7 Å². The van der Waals surface area contributed by atoms with E-state index in [1.54, 1.807) is 4.57 Å². The highest BCUT2D eigenvalue weighted by Gasteiger charge is 2.15. The molecule has 0 radical (unpaired) electrons. The van der Waals surface area contributed by atoms with Gasteiger partial charge >= 0.3 is 5.97 Å². The molecule has 1 aromatic carbocycles. The van der Waals surface area contributed by atoms with E-state index in [1.807, 2.05) is 18.2 Å². The molecule has 3 N–H and O–H groups in total. The summed E-state index contributed by atoms with van der Waals surface area (Å²) >= 11 is 1.12. The first-order chi connectivity index (χ1) is 9.58. The number of nitrogens with two attached hydrogens (primary N) is 1. The van der Waals surface area contributed by atoms with Crippen molar-refractivity contribution in [2.75, 3.05) is 11.5 Å². The average molecular weight is 292 g/mol. The van der Waals surface area contributed by atoms with Gasteiger partial charge in [0.1, 0.15) is 0 Å². The molecular weight excluding hydrogens is 276 g/mol. The number of nitrogens with zero attached hydrogens (tertiary/aromatic N) is 3. The Morgan fingerprint density at radius 1 is 1.40 bits per heavy atom. The zero-order valence-electron chi connectivity index (χ0n) is 11.1. The van der Waals surface area contributed by atoms with Gasteiger partial charge in [-0.25, -0.2) is 0 Å². The van der Waals surface area contributed by atoms with Gasteiger partial charge < -0.3 is 10.8 Å². The lowest BCUT2D eigenvalue weighted by Crippen LogP contribution is -2.11. The van der Waals surface area contributed by atoms with Crippen LogP contribution in [-0.4, -0.2) is 31.6 Å². The van der Waals surface area contributed by atoms with E-state index in [2.05, 4.69) is 29.3 Å². The van der Waals surface area contributed by atoms with Gasteiger partial charge in [0.25, 0.3) is 0 Å². The zero-order chi connectivity index (χ0) is 14.5. The number of thioether (sulfide) groups is 1. The monoisotopic (exact) mass is 292 g/mol. The number of benzene rings is 1. The number of carboxylic acid groups (broad SMARTS) is 1. The van der Waals surface area contributed by atoms with Crippen molar-refractivity contribution < 1.29 is 9.90 Å². The smallest absolute Gasteiger partial charge is 0.313 e. The first-order valence-electron chi connectivity index (χ1n) is 6.16. The van der Waals surface area contributed by atoms with Crippen molar-refractivity contribution in [3.63, 3.8) is 0 Å². The van der Waals surface area contributed by atoms with Crippen LogP contribution in [0, 0.1) is 0 Å². The van der Waals surface area contributed by atoms with Crippen molar-refractivity contribution in [3.05, 3.63) is 35.9 Å². The fourth-order valence-electron chi connectivity index (χ4n) is 1.87. The lowest BCUT2D eigenvalue weighted by Gasteiger charge is -2.14.